The Hall–Kier alpha value is -3.43. The molecule has 0 aromatic carbocycles. The van der Waals surface area contributed by atoms with Crippen molar-refractivity contribution in [2.75, 3.05) is 44.8 Å². The van der Waals surface area contributed by atoms with E-state index in [-0.39, 0.29) is 0 Å². The minimum atomic E-state index is 0.518. The van der Waals surface area contributed by atoms with Crippen LogP contribution < -0.4 is 10.1 Å². The van der Waals surface area contributed by atoms with Crippen molar-refractivity contribution < 1.29 is 9.47 Å². The fourth-order valence-corrected chi connectivity index (χ4v) is 4.98. The van der Waals surface area contributed by atoms with Crippen molar-refractivity contribution in [1.29, 1.82) is 0 Å². The molecule has 1 saturated carbocycles. The Labute approximate surface area is 204 Å². The van der Waals surface area contributed by atoms with Gasteiger partial charge in [0.2, 0.25) is 0 Å². The second kappa shape index (κ2) is 10.1. The van der Waals surface area contributed by atoms with E-state index in [1.165, 1.54) is 25.7 Å². The van der Waals surface area contributed by atoms with E-state index in [0.29, 0.717) is 12.6 Å². The van der Waals surface area contributed by atoms with Crippen molar-refractivity contribution in [2.24, 2.45) is 0 Å². The van der Waals surface area contributed by atoms with E-state index in [1.807, 2.05) is 36.8 Å². The van der Waals surface area contributed by atoms with E-state index < -0.39 is 0 Å². The highest BCUT2D eigenvalue weighted by Gasteiger charge is 2.18. The van der Waals surface area contributed by atoms with Crippen molar-refractivity contribution >= 4 is 11.5 Å². The number of ether oxygens (including phenoxy) is 2. The molecule has 5 heterocycles. The molecule has 0 amide bonds. The highest BCUT2D eigenvalue weighted by atomic mass is 16.5. The first kappa shape index (κ1) is 22.1. The van der Waals surface area contributed by atoms with Crippen molar-refractivity contribution in [3.05, 3.63) is 49.1 Å². The Balaban J connectivity index is 1.29. The average molecular weight is 474 g/mol. The van der Waals surface area contributed by atoms with Gasteiger partial charge < -0.3 is 14.8 Å². The molecule has 0 radical (unpaired) electrons. The summed E-state index contributed by atoms with van der Waals surface area (Å²) in [5.74, 6) is 1.72. The molecule has 9 heteroatoms. The summed E-state index contributed by atoms with van der Waals surface area (Å²) in [6.45, 7) is 4.93. The molecule has 0 unspecified atom stereocenters. The van der Waals surface area contributed by atoms with Gasteiger partial charge >= 0.3 is 0 Å². The molecule has 2 fully saturated rings. The zero-order valence-corrected chi connectivity index (χ0v) is 19.8. The van der Waals surface area contributed by atoms with Crippen molar-refractivity contribution in [3.63, 3.8) is 0 Å². The summed E-state index contributed by atoms with van der Waals surface area (Å²) in [6.07, 6.45) is 12.7. The molecule has 4 aromatic rings. The lowest BCUT2D eigenvalue weighted by atomic mass is 10.1. The molecule has 6 rings (SSSR count). The number of aromatic amines is 1. The summed E-state index contributed by atoms with van der Waals surface area (Å²) in [5, 5.41) is 10.7. The van der Waals surface area contributed by atoms with E-state index in [1.54, 1.807) is 0 Å². The number of fused-ring (bicyclic) bond motifs is 1. The highest BCUT2D eigenvalue weighted by Crippen LogP contribution is 2.33. The Morgan fingerprint density at radius 2 is 2.03 bits per heavy atom. The van der Waals surface area contributed by atoms with Gasteiger partial charge in [-0.25, -0.2) is 9.97 Å². The monoisotopic (exact) mass is 473 g/mol. The molecule has 1 aliphatic heterocycles. The molecule has 182 valence electrons. The first-order chi connectivity index (χ1) is 17.3. The van der Waals surface area contributed by atoms with Crippen molar-refractivity contribution in [3.8, 4) is 28.3 Å². The van der Waals surface area contributed by atoms with Crippen LogP contribution in [0.5, 0.6) is 5.75 Å². The summed E-state index contributed by atoms with van der Waals surface area (Å²) in [5.41, 5.74) is 4.59. The largest absolute Gasteiger partial charge is 0.491 e. The smallest absolute Gasteiger partial charge is 0.140 e. The first-order valence-corrected chi connectivity index (χ1v) is 12.5. The second-order valence-corrected chi connectivity index (χ2v) is 9.25. The lowest BCUT2D eigenvalue weighted by molar-refractivity contribution is 0.0323. The molecule has 2 N–H and O–H groups in total. The number of pyridine rings is 2. The van der Waals surface area contributed by atoms with E-state index in [9.17, 15) is 0 Å². The van der Waals surface area contributed by atoms with Gasteiger partial charge in [0, 0.05) is 55.3 Å². The van der Waals surface area contributed by atoms with Crippen LogP contribution in [0.3, 0.4) is 0 Å². The predicted molar refractivity (Wildman–Crippen MR) is 135 cm³/mol. The number of morpholine rings is 1. The molecule has 1 aliphatic carbocycles. The molecule has 4 aromatic heterocycles. The van der Waals surface area contributed by atoms with Crippen LogP contribution in [0.25, 0.3) is 28.2 Å². The van der Waals surface area contributed by atoms with Crippen LogP contribution in [0.2, 0.25) is 0 Å². The number of nitrogens with one attached hydrogen (secondary N) is 2. The Kier molecular flexibility index (Phi) is 6.34. The Bertz CT molecular complexity index is 1260. The van der Waals surface area contributed by atoms with Crippen LogP contribution >= 0.6 is 0 Å². The van der Waals surface area contributed by atoms with E-state index in [2.05, 4.69) is 42.1 Å². The van der Waals surface area contributed by atoms with E-state index >= 15 is 0 Å². The van der Waals surface area contributed by atoms with Crippen LogP contribution in [-0.4, -0.2) is 75.0 Å². The number of nitrogens with zero attached hydrogens (tertiary/aromatic N) is 5. The number of hydrogen-bond donors (Lipinski definition) is 2. The molecule has 35 heavy (non-hydrogen) atoms. The average Bonchev–Trinajstić information content (AvgIpc) is 3.67. The Morgan fingerprint density at radius 3 is 2.86 bits per heavy atom. The van der Waals surface area contributed by atoms with Crippen molar-refractivity contribution in [1.82, 2.24) is 29.5 Å². The molecule has 0 spiro atoms. The van der Waals surface area contributed by atoms with Crippen LogP contribution in [0.4, 0.5) is 5.82 Å². The normalized spacial score (nSPS) is 17.3. The van der Waals surface area contributed by atoms with Gasteiger partial charge in [0.1, 0.15) is 23.8 Å². The Morgan fingerprint density at radius 1 is 1.14 bits per heavy atom. The van der Waals surface area contributed by atoms with Gasteiger partial charge in [-0.3, -0.25) is 14.4 Å². The highest BCUT2D eigenvalue weighted by molar-refractivity contribution is 5.73. The van der Waals surface area contributed by atoms with Gasteiger partial charge in [-0.15, -0.1) is 0 Å². The maximum absolute atomic E-state index is 6.28. The summed E-state index contributed by atoms with van der Waals surface area (Å²) in [4.78, 5) is 12.0. The zero-order chi connectivity index (χ0) is 23.5. The molecular weight excluding hydrogens is 442 g/mol. The number of aromatic nitrogens is 5. The molecule has 2 aliphatic rings. The number of H-pyrrole nitrogens is 1. The van der Waals surface area contributed by atoms with Gasteiger partial charge in [-0.1, -0.05) is 18.9 Å². The van der Waals surface area contributed by atoms with Gasteiger partial charge in [-0.05, 0) is 25.0 Å². The molecule has 0 bridgehead atoms. The topological polar surface area (TPSA) is 92.6 Å². The molecule has 0 atom stereocenters. The third-order valence-electron chi connectivity index (χ3n) is 6.91. The summed E-state index contributed by atoms with van der Waals surface area (Å²) in [6, 6.07) is 8.66. The van der Waals surface area contributed by atoms with Crippen LogP contribution in [0.1, 0.15) is 25.7 Å². The first-order valence-electron chi connectivity index (χ1n) is 12.5. The fraction of sp³-hybridized carbons (Fsp3) is 0.423. The van der Waals surface area contributed by atoms with E-state index in [4.69, 9.17) is 14.5 Å². The number of hydrogen-bond acceptors (Lipinski definition) is 7. The van der Waals surface area contributed by atoms with Crippen LogP contribution in [0.15, 0.2) is 49.1 Å². The SMILES string of the molecule is c1cc(NC2CCCC2)nc(-c2cnc3cc(OCCN4CCOCC4)c(-c4cn[nH]c4)cn23)c1. The third-order valence-corrected chi connectivity index (χ3v) is 6.91. The standard InChI is InChI=1S/C26H31N7O2/c1-2-5-20(4-1)30-25-7-3-6-22(31-25)23-17-27-26-14-24(35-13-10-32-8-11-34-12-9-32)21(18-33(23)26)19-15-28-29-16-19/h3,6-7,14-18,20H,1-2,4-5,8-13H2,(H,28,29)(H,30,31). The molecular formula is C26H31N7O2. The minimum absolute atomic E-state index is 0.518. The van der Waals surface area contributed by atoms with Gasteiger partial charge in [0.15, 0.2) is 0 Å². The number of imidazole rings is 1. The van der Waals surface area contributed by atoms with Gasteiger partial charge in [-0.2, -0.15) is 5.10 Å². The molecule has 1 saturated heterocycles. The number of anilines is 1. The quantitative estimate of drug-likeness (QED) is 0.402. The minimum Gasteiger partial charge on any atom is -0.491 e. The maximum Gasteiger partial charge on any atom is 0.140 e. The lowest BCUT2D eigenvalue weighted by Gasteiger charge is -2.26. The maximum atomic E-state index is 6.28. The predicted octanol–water partition coefficient (Wildman–Crippen LogP) is 3.85. The van der Waals surface area contributed by atoms with Gasteiger partial charge in [0.25, 0.3) is 0 Å². The summed E-state index contributed by atoms with van der Waals surface area (Å²) < 4.78 is 13.8. The van der Waals surface area contributed by atoms with E-state index in [0.717, 1.165) is 72.6 Å². The molecule has 9 nitrogen and oxygen atoms in total. The third kappa shape index (κ3) is 4.87. The van der Waals surface area contributed by atoms with Crippen LogP contribution in [0, 0.1) is 0 Å². The summed E-state index contributed by atoms with van der Waals surface area (Å²) in [7, 11) is 0. The lowest BCUT2D eigenvalue weighted by Crippen LogP contribution is -2.38. The summed E-state index contributed by atoms with van der Waals surface area (Å²) >= 11 is 0. The number of rotatable bonds is 8. The fourth-order valence-electron chi connectivity index (χ4n) is 4.98. The second-order valence-electron chi connectivity index (χ2n) is 9.25. The zero-order valence-electron chi connectivity index (χ0n) is 19.8. The van der Waals surface area contributed by atoms with Gasteiger partial charge in [0.05, 0.1) is 37.0 Å². The van der Waals surface area contributed by atoms with Crippen molar-refractivity contribution in [2.45, 2.75) is 31.7 Å². The van der Waals surface area contributed by atoms with Crippen LogP contribution in [-0.2, 0) is 4.74 Å².